The molecule has 1 rings (SSSR count). The average Bonchev–Trinajstić information content (AvgIpc) is 2.47. The Morgan fingerprint density at radius 1 is 1.39 bits per heavy atom. The maximum absolute atomic E-state index is 11.7. The molecule has 18 heavy (non-hydrogen) atoms. The molecule has 0 saturated heterocycles. The lowest BCUT2D eigenvalue weighted by atomic mass is 10.1. The van der Waals surface area contributed by atoms with E-state index < -0.39 is 10.2 Å². The predicted molar refractivity (Wildman–Crippen MR) is 73.7 cm³/mol. The first-order chi connectivity index (χ1) is 8.48. The first-order valence-electron chi connectivity index (χ1n) is 6.11. The number of hydrogen-bond acceptors (Lipinski definition) is 3. The first kappa shape index (κ1) is 14.8. The number of allylic oxidation sites excluding steroid dienone is 4. The number of nitrogens with one attached hydrogen (secondary N) is 2. The largest absolute Gasteiger partial charge is 0.399 e. The molecule has 102 valence electrons. The van der Waals surface area contributed by atoms with E-state index in [2.05, 4.69) is 9.44 Å². The molecule has 1 aliphatic carbocycles. The standard InChI is InChI=1S/C12H21N3O2S/c1-3-8-14-18(16,17)15-11-7-5-6-10(4-2)12(13)9-11/h5,7,9,14-15H,3-4,6,8,13H2,1-2H3. The highest BCUT2D eigenvalue weighted by Crippen LogP contribution is 2.16. The molecule has 0 atom stereocenters. The molecule has 0 radical (unpaired) electrons. The van der Waals surface area contributed by atoms with Crippen molar-refractivity contribution in [1.29, 1.82) is 0 Å². The molecule has 0 aromatic rings. The van der Waals surface area contributed by atoms with Gasteiger partial charge in [0.25, 0.3) is 10.2 Å². The Hall–Kier alpha value is -1.27. The third-order valence-electron chi connectivity index (χ3n) is 2.60. The molecule has 5 nitrogen and oxygen atoms in total. The van der Waals surface area contributed by atoms with Crippen LogP contribution < -0.4 is 15.2 Å². The molecule has 0 saturated carbocycles. The Morgan fingerprint density at radius 3 is 2.72 bits per heavy atom. The lowest BCUT2D eigenvalue weighted by molar-refractivity contribution is 0.573. The van der Waals surface area contributed by atoms with Crippen molar-refractivity contribution in [2.24, 2.45) is 5.73 Å². The molecule has 6 heteroatoms. The summed E-state index contributed by atoms with van der Waals surface area (Å²) >= 11 is 0. The van der Waals surface area contributed by atoms with Crippen LogP contribution in [-0.4, -0.2) is 15.0 Å². The number of rotatable bonds is 6. The van der Waals surface area contributed by atoms with Gasteiger partial charge in [0.1, 0.15) is 0 Å². The van der Waals surface area contributed by atoms with Crippen molar-refractivity contribution in [1.82, 2.24) is 9.44 Å². The van der Waals surface area contributed by atoms with Crippen molar-refractivity contribution in [3.05, 3.63) is 35.2 Å². The topological polar surface area (TPSA) is 84.2 Å². The van der Waals surface area contributed by atoms with Gasteiger partial charge in [-0.05, 0) is 37.0 Å². The van der Waals surface area contributed by atoms with Gasteiger partial charge in [-0.1, -0.05) is 19.9 Å². The molecule has 1 aliphatic rings. The number of hydrogen-bond donors (Lipinski definition) is 3. The summed E-state index contributed by atoms with van der Waals surface area (Å²) in [6.07, 6.45) is 7.67. The Balaban J connectivity index is 2.82. The molecular weight excluding hydrogens is 250 g/mol. The Labute approximate surface area is 109 Å². The van der Waals surface area contributed by atoms with Gasteiger partial charge in [0.05, 0.1) is 5.70 Å². The van der Waals surface area contributed by atoms with Crippen molar-refractivity contribution < 1.29 is 8.42 Å². The second kappa shape index (κ2) is 6.61. The van der Waals surface area contributed by atoms with Crippen LogP contribution in [-0.2, 0) is 10.2 Å². The Kier molecular flexibility index (Phi) is 5.43. The summed E-state index contributed by atoms with van der Waals surface area (Å²) in [5.41, 5.74) is 8.14. The lowest BCUT2D eigenvalue weighted by Crippen LogP contribution is -2.36. The summed E-state index contributed by atoms with van der Waals surface area (Å²) < 4.78 is 28.3. The van der Waals surface area contributed by atoms with Crippen molar-refractivity contribution in [2.45, 2.75) is 33.1 Å². The van der Waals surface area contributed by atoms with Crippen LogP contribution in [0.15, 0.2) is 35.2 Å². The van der Waals surface area contributed by atoms with E-state index in [1.165, 1.54) is 0 Å². The van der Waals surface area contributed by atoms with Gasteiger partial charge in [-0.3, -0.25) is 4.72 Å². The monoisotopic (exact) mass is 271 g/mol. The van der Waals surface area contributed by atoms with Crippen LogP contribution in [0.3, 0.4) is 0 Å². The van der Waals surface area contributed by atoms with E-state index >= 15 is 0 Å². The lowest BCUT2D eigenvalue weighted by Gasteiger charge is -2.09. The zero-order chi connectivity index (χ0) is 13.6. The molecule has 4 N–H and O–H groups in total. The van der Waals surface area contributed by atoms with E-state index in [9.17, 15) is 8.42 Å². The molecule has 0 unspecified atom stereocenters. The fourth-order valence-electron chi connectivity index (χ4n) is 1.60. The van der Waals surface area contributed by atoms with Crippen molar-refractivity contribution in [3.63, 3.8) is 0 Å². The predicted octanol–water partition coefficient (Wildman–Crippen LogP) is 1.29. The zero-order valence-electron chi connectivity index (χ0n) is 10.9. The van der Waals surface area contributed by atoms with Crippen molar-refractivity contribution in [3.8, 4) is 0 Å². The maximum Gasteiger partial charge on any atom is 0.299 e. The van der Waals surface area contributed by atoms with E-state index in [-0.39, 0.29) is 0 Å². The third kappa shape index (κ3) is 4.54. The van der Waals surface area contributed by atoms with Crippen LogP contribution in [0, 0.1) is 0 Å². The third-order valence-corrected chi connectivity index (χ3v) is 3.69. The molecular formula is C12H21N3O2S. The summed E-state index contributed by atoms with van der Waals surface area (Å²) in [6.45, 7) is 4.35. The quantitative estimate of drug-likeness (QED) is 0.680. The van der Waals surface area contributed by atoms with Crippen LogP contribution in [0.25, 0.3) is 0 Å². The summed E-state index contributed by atoms with van der Waals surface area (Å²) in [5.74, 6) is 0. The van der Waals surface area contributed by atoms with Gasteiger partial charge in [-0.15, -0.1) is 0 Å². The summed E-state index contributed by atoms with van der Waals surface area (Å²) in [7, 11) is -3.50. The van der Waals surface area contributed by atoms with Crippen LogP contribution in [0.2, 0.25) is 0 Å². The van der Waals surface area contributed by atoms with E-state index in [0.29, 0.717) is 17.9 Å². The van der Waals surface area contributed by atoms with Crippen LogP contribution in [0.4, 0.5) is 0 Å². The number of nitrogens with two attached hydrogens (primary N) is 1. The molecule has 0 aliphatic heterocycles. The van der Waals surface area contributed by atoms with E-state index in [0.717, 1.165) is 24.8 Å². The highest BCUT2D eigenvalue weighted by atomic mass is 32.2. The van der Waals surface area contributed by atoms with Crippen molar-refractivity contribution >= 4 is 10.2 Å². The van der Waals surface area contributed by atoms with E-state index in [1.54, 1.807) is 12.2 Å². The second-order valence-corrected chi connectivity index (χ2v) is 5.62. The Bertz CT molecular complexity index is 476. The Morgan fingerprint density at radius 2 is 2.11 bits per heavy atom. The molecule has 0 aromatic carbocycles. The highest BCUT2D eigenvalue weighted by molar-refractivity contribution is 7.87. The minimum absolute atomic E-state index is 0.415. The van der Waals surface area contributed by atoms with Gasteiger partial charge < -0.3 is 5.73 Å². The fourth-order valence-corrected chi connectivity index (χ4v) is 2.59. The highest BCUT2D eigenvalue weighted by Gasteiger charge is 2.11. The van der Waals surface area contributed by atoms with Crippen molar-refractivity contribution in [2.75, 3.05) is 6.54 Å². The zero-order valence-corrected chi connectivity index (χ0v) is 11.7. The molecule has 0 bridgehead atoms. The SMILES string of the molecule is CCCNS(=O)(=O)NC1=CC(N)=C(CC)CC=C1. The minimum atomic E-state index is -3.50. The van der Waals surface area contributed by atoms with Gasteiger partial charge in [0, 0.05) is 12.2 Å². The van der Waals surface area contributed by atoms with Crippen LogP contribution >= 0.6 is 0 Å². The summed E-state index contributed by atoms with van der Waals surface area (Å²) in [5, 5.41) is 0. The van der Waals surface area contributed by atoms with E-state index in [4.69, 9.17) is 5.73 Å². The molecule has 0 aromatic heterocycles. The minimum Gasteiger partial charge on any atom is -0.399 e. The van der Waals surface area contributed by atoms with Gasteiger partial charge >= 0.3 is 0 Å². The average molecular weight is 271 g/mol. The summed E-state index contributed by atoms with van der Waals surface area (Å²) in [4.78, 5) is 0. The normalized spacial score (nSPS) is 16.4. The second-order valence-electron chi connectivity index (χ2n) is 4.12. The van der Waals surface area contributed by atoms with Gasteiger partial charge in [-0.25, -0.2) is 0 Å². The fraction of sp³-hybridized carbons (Fsp3) is 0.500. The smallest absolute Gasteiger partial charge is 0.299 e. The molecule has 0 fully saturated rings. The van der Waals surface area contributed by atoms with Gasteiger partial charge in [0.15, 0.2) is 0 Å². The maximum atomic E-state index is 11.7. The van der Waals surface area contributed by atoms with E-state index in [1.807, 2.05) is 19.9 Å². The van der Waals surface area contributed by atoms with Gasteiger partial charge in [-0.2, -0.15) is 13.1 Å². The summed E-state index contributed by atoms with van der Waals surface area (Å²) in [6, 6.07) is 0. The van der Waals surface area contributed by atoms with Gasteiger partial charge in [0.2, 0.25) is 0 Å². The van der Waals surface area contributed by atoms with Crippen LogP contribution in [0.1, 0.15) is 33.1 Å². The first-order valence-corrected chi connectivity index (χ1v) is 7.60. The molecule has 0 heterocycles. The molecule has 0 spiro atoms. The molecule has 0 amide bonds. The van der Waals surface area contributed by atoms with Crippen LogP contribution in [0.5, 0.6) is 0 Å².